The maximum Gasteiger partial charge on any atom is 0.186 e. The lowest BCUT2D eigenvalue weighted by Gasteiger charge is -2.13. The molecule has 0 radical (unpaired) electrons. The van der Waals surface area contributed by atoms with Crippen LogP contribution in [0.1, 0.15) is 16.7 Å². The van der Waals surface area contributed by atoms with E-state index in [0.717, 1.165) is 5.56 Å². The van der Waals surface area contributed by atoms with Crippen molar-refractivity contribution >= 4 is 17.6 Å². The number of benzene rings is 2. The van der Waals surface area contributed by atoms with Crippen molar-refractivity contribution in [3.8, 4) is 29.0 Å². The van der Waals surface area contributed by atoms with Gasteiger partial charge in [0.05, 0.1) is 5.56 Å². The minimum atomic E-state index is -0.436. The van der Waals surface area contributed by atoms with E-state index < -0.39 is 6.79 Å². The Bertz CT molecular complexity index is 1050. The molecule has 0 bridgehead atoms. The van der Waals surface area contributed by atoms with Crippen LogP contribution in [0.25, 0.3) is 11.1 Å². The molecule has 0 aliphatic carbocycles. The normalized spacial score (nSPS) is 10.1. The number of rotatable bonds is 6. The molecule has 0 saturated carbocycles. The molecule has 0 spiro atoms. The van der Waals surface area contributed by atoms with Crippen molar-refractivity contribution in [1.82, 2.24) is 4.98 Å². The van der Waals surface area contributed by atoms with Crippen LogP contribution >= 0.6 is 11.8 Å². The monoisotopic (exact) mass is 388 g/mol. The molecule has 28 heavy (non-hydrogen) atoms. The number of hydrogen-bond acceptors (Lipinski definition) is 7. The molecule has 3 rings (SSSR count). The van der Waals surface area contributed by atoms with E-state index in [1.54, 1.807) is 24.3 Å². The molecule has 3 N–H and O–H groups in total. The SMILES string of the molecule is N#Cc1c(N)nc(SCc2ccccc2)c(C#N)c1-c1ccc(OCO)cc1. The number of nitrogen functional groups attached to an aromatic ring is 1. The lowest BCUT2D eigenvalue weighted by Crippen LogP contribution is -2.03. The molecule has 0 fully saturated rings. The highest BCUT2D eigenvalue weighted by molar-refractivity contribution is 7.98. The maximum atomic E-state index is 9.80. The molecule has 6 nitrogen and oxygen atoms in total. The Labute approximate surface area is 166 Å². The van der Waals surface area contributed by atoms with Gasteiger partial charge in [-0.3, -0.25) is 0 Å². The van der Waals surface area contributed by atoms with Gasteiger partial charge in [0.1, 0.15) is 34.3 Å². The number of pyridine rings is 1. The lowest BCUT2D eigenvalue weighted by molar-refractivity contribution is 0.0985. The van der Waals surface area contributed by atoms with Gasteiger partial charge >= 0.3 is 0 Å². The first-order valence-electron chi connectivity index (χ1n) is 8.32. The zero-order chi connectivity index (χ0) is 19.9. The second kappa shape index (κ2) is 8.92. The molecule has 0 aliphatic heterocycles. The summed E-state index contributed by atoms with van der Waals surface area (Å²) in [5, 5.41) is 28.7. The lowest BCUT2D eigenvalue weighted by atomic mass is 9.97. The third-order valence-corrected chi connectivity index (χ3v) is 5.05. The summed E-state index contributed by atoms with van der Waals surface area (Å²) >= 11 is 1.40. The van der Waals surface area contributed by atoms with Gasteiger partial charge in [-0.1, -0.05) is 42.5 Å². The summed E-state index contributed by atoms with van der Waals surface area (Å²) in [7, 11) is 0. The third-order valence-electron chi connectivity index (χ3n) is 4.01. The quantitative estimate of drug-likeness (QED) is 0.488. The highest BCUT2D eigenvalue weighted by Gasteiger charge is 2.20. The van der Waals surface area contributed by atoms with Crippen LogP contribution in [0.4, 0.5) is 5.82 Å². The third kappa shape index (κ3) is 4.07. The van der Waals surface area contributed by atoms with Crippen molar-refractivity contribution in [3.05, 3.63) is 71.3 Å². The molecule has 3 aromatic rings. The van der Waals surface area contributed by atoms with Crippen LogP contribution < -0.4 is 10.5 Å². The summed E-state index contributed by atoms with van der Waals surface area (Å²) in [5.41, 5.74) is 8.68. The van der Waals surface area contributed by atoms with Gasteiger partial charge in [-0.15, -0.1) is 11.8 Å². The number of anilines is 1. The number of ether oxygens (including phenoxy) is 1. The van der Waals surface area contributed by atoms with Gasteiger partial charge in [0.15, 0.2) is 6.79 Å². The fourth-order valence-electron chi connectivity index (χ4n) is 2.71. The van der Waals surface area contributed by atoms with E-state index in [0.29, 0.717) is 33.2 Å². The number of hydrogen-bond donors (Lipinski definition) is 2. The maximum absolute atomic E-state index is 9.80. The second-order valence-corrected chi connectivity index (χ2v) is 6.69. The second-order valence-electron chi connectivity index (χ2n) is 5.72. The first-order chi connectivity index (χ1) is 13.7. The first kappa shape index (κ1) is 19.2. The molecule has 7 heteroatoms. The Morgan fingerprint density at radius 3 is 2.29 bits per heavy atom. The van der Waals surface area contributed by atoms with Gasteiger partial charge in [0.2, 0.25) is 0 Å². The van der Waals surface area contributed by atoms with Crippen molar-refractivity contribution in [3.63, 3.8) is 0 Å². The largest absolute Gasteiger partial charge is 0.468 e. The Hall–Kier alpha value is -3.52. The Morgan fingerprint density at radius 1 is 1.00 bits per heavy atom. The van der Waals surface area contributed by atoms with Gasteiger partial charge in [-0.25, -0.2) is 4.98 Å². The Kier molecular flexibility index (Phi) is 6.13. The van der Waals surface area contributed by atoms with Gasteiger partial charge < -0.3 is 15.6 Å². The summed E-state index contributed by atoms with van der Waals surface area (Å²) in [6.45, 7) is -0.436. The molecule has 0 saturated heterocycles. The van der Waals surface area contributed by atoms with Crippen LogP contribution in [0.5, 0.6) is 5.75 Å². The molecule has 0 unspecified atom stereocenters. The Balaban J connectivity index is 2.06. The smallest absolute Gasteiger partial charge is 0.186 e. The summed E-state index contributed by atoms with van der Waals surface area (Å²) in [6, 6.07) is 20.8. The van der Waals surface area contributed by atoms with Crippen molar-refractivity contribution in [1.29, 1.82) is 10.5 Å². The van der Waals surface area contributed by atoms with E-state index >= 15 is 0 Å². The van der Waals surface area contributed by atoms with Crippen LogP contribution in [-0.4, -0.2) is 16.9 Å². The number of aromatic nitrogens is 1. The minimum Gasteiger partial charge on any atom is -0.468 e. The van der Waals surface area contributed by atoms with Crippen LogP contribution in [-0.2, 0) is 5.75 Å². The number of thioether (sulfide) groups is 1. The van der Waals surface area contributed by atoms with Crippen molar-refractivity contribution in [2.24, 2.45) is 0 Å². The zero-order valence-electron chi connectivity index (χ0n) is 14.8. The number of nitrogens with two attached hydrogens (primary N) is 1. The van der Waals surface area contributed by atoms with Crippen LogP contribution in [0, 0.1) is 22.7 Å². The topological polar surface area (TPSA) is 116 Å². The predicted molar refractivity (Wildman–Crippen MR) is 107 cm³/mol. The Morgan fingerprint density at radius 2 is 1.68 bits per heavy atom. The van der Waals surface area contributed by atoms with Gasteiger partial charge in [-0.05, 0) is 23.3 Å². The molecule has 1 aromatic heterocycles. The molecule has 0 amide bonds. The average Bonchev–Trinajstić information content (AvgIpc) is 2.73. The highest BCUT2D eigenvalue weighted by Crippen LogP contribution is 2.37. The number of nitrogens with zero attached hydrogens (tertiary/aromatic N) is 3. The van der Waals surface area contributed by atoms with E-state index in [2.05, 4.69) is 17.1 Å². The first-order valence-corrected chi connectivity index (χ1v) is 9.31. The average molecular weight is 388 g/mol. The molecule has 138 valence electrons. The van der Waals surface area contributed by atoms with Crippen LogP contribution in [0.15, 0.2) is 59.6 Å². The van der Waals surface area contributed by atoms with E-state index in [1.165, 1.54) is 11.8 Å². The van der Waals surface area contributed by atoms with Crippen molar-refractivity contribution < 1.29 is 9.84 Å². The molecule has 2 aromatic carbocycles. The van der Waals surface area contributed by atoms with E-state index in [1.807, 2.05) is 30.3 Å². The molecule has 0 atom stereocenters. The van der Waals surface area contributed by atoms with Crippen molar-refractivity contribution in [2.75, 3.05) is 12.5 Å². The van der Waals surface area contributed by atoms with Crippen molar-refractivity contribution in [2.45, 2.75) is 10.8 Å². The predicted octanol–water partition coefficient (Wildman–Crippen LogP) is 3.70. The van der Waals surface area contributed by atoms with Gasteiger partial charge in [-0.2, -0.15) is 10.5 Å². The van der Waals surface area contributed by atoms with E-state index in [9.17, 15) is 10.5 Å². The number of nitriles is 2. The minimum absolute atomic E-state index is 0.0859. The summed E-state index contributed by atoms with van der Waals surface area (Å²) in [4.78, 5) is 4.30. The standard InChI is InChI=1S/C21H16N4O2S/c22-10-17-19(15-6-8-16(9-7-15)27-13-26)18(11-23)21(25-20(17)24)28-12-14-4-2-1-3-5-14/h1-9,26H,12-13H2,(H2,24,25). The van der Waals surface area contributed by atoms with E-state index in [-0.39, 0.29) is 11.4 Å². The summed E-state index contributed by atoms with van der Waals surface area (Å²) in [5.74, 6) is 1.18. The molecule has 0 aliphatic rings. The zero-order valence-corrected chi connectivity index (χ0v) is 15.6. The fraction of sp³-hybridized carbons (Fsp3) is 0.0952. The molecular formula is C21H16N4O2S. The van der Waals surface area contributed by atoms with Gasteiger partial charge in [0.25, 0.3) is 0 Å². The van der Waals surface area contributed by atoms with Gasteiger partial charge in [0, 0.05) is 11.3 Å². The highest BCUT2D eigenvalue weighted by atomic mass is 32.2. The molecular weight excluding hydrogens is 372 g/mol. The number of aliphatic hydroxyl groups is 1. The summed E-state index contributed by atoms with van der Waals surface area (Å²) in [6.07, 6.45) is 0. The van der Waals surface area contributed by atoms with Crippen LogP contribution in [0.2, 0.25) is 0 Å². The fourth-order valence-corrected chi connectivity index (χ4v) is 3.66. The molecule has 1 heterocycles. The van der Waals surface area contributed by atoms with E-state index in [4.69, 9.17) is 15.6 Å². The number of aliphatic hydroxyl groups excluding tert-OH is 1. The summed E-state index contributed by atoms with van der Waals surface area (Å²) < 4.78 is 5.03. The van der Waals surface area contributed by atoms with Crippen LogP contribution in [0.3, 0.4) is 0 Å².